The molecule has 0 aromatic rings. The van der Waals surface area contributed by atoms with Crippen LogP contribution in [0.5, 0.6) is 0 Å². The second-order valence-electron chi connectivity index (χ2n) is 7.08. The van der Waals surface area contributed by atoms with E-state index in [0.29, 0.717) is 17.3 Å². The van der Waals surface area contributed by atoms with E-state index in [0.717, 1.165) is 32.2 Å². The molecule has 1 amide bonds. The molecule has 110 valence electrons. The minimum absolute atomic E-state index is 0.0157. The quantitative estimate of drug-likeness (QED) is 0.807. The smallest absolute Gasteiger partial charge is 0.223 e. The third-order valence-corrected chi connectivity index (χ3v) is 3.91. The number of carbonyl (C=O) groups excluding carboxylic acids is 1. The van der Waals surface area contributed by atoms with Crippen LogP contribution < -0.4 is 5.73 Å². The molecule has 0 saturated carbocycles. The van der Waals surface area contributed by atoms with Crippen LogP contribution in [-0.2, 0) is 4.79 Å². The molecule has 2 unspecified atom stereocenters. The monoisotopic (exact) mass is 284 g/mol. The number of nitrogens with two attached hydrogens (primary N) is 1. The van der Waals surface area contributed by atoms with Gasteiger partial charge in [0.1, 0.15) is 0 Å². The lowest BCUT2D eigenvalue weighted by Crippen LogP contribution is -2.50. The van der Waals surface area contributed by atoms with Gasteiger partial charge in [0.25, 0.3) is 0 Å². The molecule has 0 aromatic carbocycles. The molecule has 0 radical (unpaired) electrons. The molecular formula is C15H28N2OS. The minimum atomic E-state index is -0.0157. The fourth-order valence-corrected chi connectivity index (χ4v) is 3.30. The van der Waals surface area contributed by atoms with Crippen molar-refractivity contribution in [3.8, 4) is 0 Å². The van der Waals surface area contributed by atoms with Crippen molar-refractivity contribution in [2.75, 3.05) is 6.54 Å². The summed E-state index contributed by atoms with van der Waals surface area (Å²) >= 11 is 5.10. The third-order valence-electron chi connectivity index (χ3n) is 3.64. The van der Waals surface area contributed by atoms with Crippen LogP contribution in [0.3, 0.4) is 0 Å². The average molecular weight is 284 g/mol. The maximum absolute atomic E-state index is 12.4. The second-order valence-corrected chi connectivity index (χ2v) is 7.55. The van der Waals surface area contributed by atoms with E-state index in [1.807, 2.05) is 4.90 Å². The molecule has 19 heavy (non-hydrogen) atoms. The van der Waals surface area contributed by atoms with Crippen LogP contribution in [0, 0.1) is 11.3 Å². The Morgan fingerprint density at radius 2 is 2.05 bits per heavy atom. The lowest BCUT2D eigenvalue weighted by molar-refractivity contribution is -0.134. The van der Waals surface area contributed by atoms with Crippen molar-refractivity contribution in [1.29, 1.82) is 0 Å². The maximum atomic E-state index is 12.4. The standard InChI is InChI=1S/C15H28N2OS/c1-11(10-15(2,3)4)9-13(18)17-8-6-5-7-12(17)14(16)19/h11-12H,5-10H2,1-4H3,(H2,16,19). The lowest BCUT2D eigenvalue weighted by atomic mass is 9.84. The van der Waals surface area contributed by atoms with Gasteiger partial charge in [0.15, 0.2) is 0 Å². The van der Waals surface area contributed by atoms with Crippen LogP contribution in [-0.4, -0.2) is 28.4 Å². The average Bonchev–Trinajstić information content (AvgIpc) is 2.26. The van der Waals surface area contributed by atoms with Crippen molar-refractivity contribution in [1.82, 2.24) is 4.90 Å². The van der Waals surface area contributed by atoms with Gasteiger partial charge in [-0.25, -0.2) is 0 Å². The van der Waals surface area contributed by atoms with Crippen LogP contribution in [0.2, 0.25) is 0 Å². The van der Waals surface area contributed by atoms with Gasteiger partial charge in [0.2, 0.25) is 5.91 Å². The number of carbonyl (C=O) groups is 1. The Morgan fingerprint density at radius 3 is 2.58 bits per heavy atom. The van der Waals surface area contributed by atoms with Crippen molar-refractivity contribution in [2.24, 2.45) is 17.1 Å². The van der Waals surface area contributed by atoms with Gasteiger partial charge in [-0.3, -0.25) is 4.79 Å². The summed E-state index contributed by atoms with van der Waals surface area (Å²) in [6, 6.07) is -0.0157. The van der Waals surface area contributed by atoms with E-state index in [-0.39, 0.29) is 17.4 Å². The summed E-state index contributed by atoms with van der Waals surface area (Å²) in [5.41, 5.74) is 6.03. The van der Waals surface area contributed by atoms with Crippen molar-refractivity contribution >= 4 is 23.1 Å². The van der Waals surface area contributed by atoms with E-state index in [1.165, 1.54) is 0 Å². The number of piperidine rings is 1. The van der Waals surface area contributed by atoms with Gasteiger partial charge in [-0.1, -0.05) is 39.9 Å². The van der Waals surface area contributed by atoms with Crippen LogP contribution in [0.15, 0.2) is 0 Å². The molecular weight excluding hydrogens is 256 g/mol. The van der Waals surface area contributed by atoms with Crippen molar-refractivity contribution in [3.63, 3.8) is 0 Å². The maximum Gasteiger partial charge on any atom is 0.223 e. The Balaban J connectivity index is 2.58. The molecule has 0 aromatic heterocycles. The molecule has 0 aliphatic carbocycles. The van der Waals surface area contributed by atoms with Crippen molar-refractivity contribution in [2.45, 2.75) is 65.8 Å². The molecule has 2 N–H and O–H groups in total. The Labute approximate surface area is 122 Å². The minimum Gasteiger partial charge on any atom is -0.392 e. The first-order chi connectivity index (χ1) is 8.70. The SMILES string of the molecule is CC(CC(=O)N1CCCCC1C(N)=S)CC(C)(C)C. The van der Waals surface area contributed by atoms with Gasteiger partial charge in [0, 0.05) is 13.0 Å². The molecule has 2 atom stereocenters. The molecule has 0 spiro atoms. The second kappa shape index (κ2) is 6.69. The van der Waals surface area contributed by atoms with Gasteiger partial charge >= 0.3 is 0 Å². The van der Waals surface area contributed by atoms with E-state index in [2.05, 4.69) is 27.7 Å². The van der Waals surface area contributed by atoms with Crippen molar-refractivity contribution < 1.29 is 4.79 Å². The topological polar surface area (TPSA) is 46.3 Å². The Kier molecular flexibility index (Phi) is 5.78. The van der Waals surface area contributed by atoms with Crippen LogP contribution in [0.4, 0.5) is 0 Å². The number of likely N-dealkylation sites (tertiary alicyclic amines) is 1. The van der Waals surface area contributed by atoms with Gasteiger partial charge in [0.05, 0.1) is 11.0 Å². The number of nitrogens with zero attached hydrogens (tertiary/aromatic N) is 1. The van der Waals surface area contributed by atoms with Crippen LogP contribution in [0.1, 0.15) is 59.8 Å². The highest BCUT2D eigenvalue weighted by Crippen LogP contribution is 2.27. The van der Waals surface area contributed by atoms with Gasteiger partial charge in [-0.15, -0.1) is 0 Å². The van der Waals surface area contributed by atoms with Crippen molar-refractivity contribution in [3.05, 3.63) is 0 Å². The number of hydrogen-bond acceptors (Lipinski definition) is 2. The Morgan fingerprint density at radius 1 is 1.42 bits per heavy atom. The largest absolute Gasteiger partial charge is 0.392 e. The molecule has 4 heteroatoms. The van der Waals surface area contributed by atoms with E-state index in [1.54, 1.807) is 0 Å². The first-order valence-corrected chi connectivity index (χ1v) is 7.70. The van der Waals surface area contributed by atoms with Crippen LogP contribution in [0.25, 0.3) is 0 Å². The molecule has 3 nitrogen and oxygen atoms in total. The molecule has 1 saturated heterocycles. The van der Waals surface area contributed by atoms with Crippen LogP contribution >= 0.6 is 12.2 Å². The molecule has 0 bridgehead atoms. The zero-order valence-corrected chi connectivity index (χ0v) is 13.6. The predicted molar refractivity (Wildman–Crippen MR) is 84.0 cm³/mol. The summed E-state index contributed by atoms with van der Waals surface area (Å²) in [7, 11) is 0. The highest BCUT2D eigenvalue weighted by molar-refractivity contribution is 7.80. The highest BCUT2D eigenvalue weighted by atomic mass is 32.1. The summed E-state index contributed by atoms with van der Waals surface area (Å²) in [5, 5.41) is 0. The Bertz CT molecular complexity index is 336. The molecule has 1 fully saturated rings. The molecule has 1 rings (SSSR count). The number of amides is 1. The van der Waals surface area contributed by atoms with E-state index in [9.17, 15) is 4.79 Å². The normalized spacial score (nSPS) is 22.1. The first kappa shape index (κ1) is 16.4. The Hall–Kier alpha value is -0.640. The third kappa shape index (κ3) is 5.47. The van der Waals surface area contributed by atoms with Gasteiger partial charge in [-0.05, 0) is 37.0 Å². The van der Waals surface area contributed by atoms with E-state index < -0.39 is 0 Å². The molecule has 1 aliphatic rings. The summed E-state index contributed by atoms with van der Waals surface area (Å²) in [4.78, 5) is 14.8. The summed E-state index contributed by atoms with van der Waals surface area (Å²) < 4.78 is 0. The summed E-state index contributed by atoms with van der Waals surface area (Å²) in [6.07, 6.45) is 4.78. The molecule has 1 heterocycles. The summed E-state index contributed by atoms with van der Waals surface area (Å²) in [5.74, 6) is 0.621. The van der Waals surface area contributed by atoms with E-state index >= 15 is 0 Å². The van der Waals surface area contributed by atoms with Gasteiger partial charge < -0.3 is 10.6 Å². The van der Waals surface area contributed by atoms with Gasteiger partial charge in [-0.2, -0.15) is 0 Å². The fourth-order valence-electron chi connectivity index (χ4n) is 3.06. The first-order valence-electron chi connectivity index (χ1n) is 7.29. The molecule has 1 aliphatic heterocycles. The zero-order valence-electron chi connectivity index (χ0n) is 12.7. The number of thiocarbonyl (C=S) groups is 1. The highest BCUT2D eigenvalue weighted by Gasteiger charge is 2.29. The number of rotatable bonds is 4. The fraction of sp³-hybridized carbons (Fsp3) is 0.867. The summed E-state index contributed by atoms with van der Waals surface area (Å²) in [6.45, 7) is 9.61. The van der Waals surface area contributed by atoms with E-state index in [4.69, 9.17) is 18.0 Å². The predicted octanol–water partition coefficient (Wildman–Crippen LogP) is 3.12. The number of hydrogen-bond donors (Lipinski definition) is 1. The lowest BCUT2D eigenvalue weighted by Gasteiger charge is -2.36. The zero-order chi connectivity index (χ0) is 14.6.